The Balaban J connectivity index is 2.16. The van der Waals surface area contributed by atoms with Gasteiger partial charge < -0.3 is 15.2 Å². The fourth-order valence-electron chi connectivity index (χ4n) is 3.00. The van der Waals surface area contributed by atoms with Crippen LogP contribution in [-0.2, 0) is 19.1 Å². The Morgan fingerprint density at radius 1 is 1.33 bits per heavy atom. The van der Waals surface area contributed by atoms with Gasteiger partial charge >= 0.3 is 11.9 Å². The summed E-state index contributed by atoms with van der Waals surface area (Å²) in [5.41, 5.74) is 5.02. The van der Waals surface area contributed by atoms with E-state index in [1.807, 2.05) is 0 Å². The number of methoxy groups -OCH3 is 2. The quantitative estimate of drug-likeness (QED) is 0.636. The van der Waals surface area contributed by atoms with Gasteiger partial charge in [0, 0.05) is 5.92 Å². The van der Waals surface area contributed by atoms with E-state index in [0.29, 0.717) is 6.42 Å². The second-order valence-electron chi connectivity index (χ2n) is 4.39. The van der Waals surface area contributed by atoms with Gasteiger partial charge in [-0.15, -0.1) is 0 Å². The lowest BCUT2D eigenvalue weighted by atomic mass is 9.69. The molecule has 0 aromatic heterocycles. The van der Waals surface area contributed by atoms with E-state index in [-0.39, 0.29) is 23.7 Å². The highest BCUT2D eigenvalue weighted by atomic mass is 16.5. The summed E-state index contributed by atoms with van der Waals surface area (Å²) in [4.78, 5) is 23.0. The minimum Gasteiger partial charge on any atom is -0.469 e. The molecule has 0 aromatic rings. The van der Waals surface area contributed by atoms with Gasteiger partial charge in [0.1, 0.15) is 5.54 Å². The Kier molecular flexibility index (Phi) is 2.22. The number of nitrogens with two attached hydrogens (primary N) is 1. The highest BCUT2D eigenvalue weighted by Crippen LogP contribution is 2.58. The van der Waals surface area contributed by atoms with Crippen molar-refractivity contribution >= 4 is 11.9 Å². The van der Waals surface area contributed by atoms with E-state index in [0.717, 1.165) is 6.42 Å². The van der Waals surface area contributed by atoms with Gasteiger partial charge in [0.15, 0.2) is 0 Å². The molecule has 0 aromatic carbocycles. The normalized spacial score (nSPS) is 41.9. The van der Waals surface area contributed by atoms with Gasteiger partial charge in [-0.2, -0.15) is 0 Å². The highest BCUT2D eigenvalue weighted by molar-refractivity contribution is 5.86. The summed E-state index contributed by atoms with van der Waals surface area (Å²) in [6, 6.07) is 0. The second kappa shape index (κ2) is 3.20. The smallest absolute Gasteiger partial charge is 0.326 e. The molecular formula is C10H15NO4. The molecule has 0 radical (unpaired) electrons. The molecule has 0 aliphatic heterocycles. The molecule has 0 saturated heterocycles. The molecule has 0 spiro atoms. The molecular weight excluding hydrogens is 198 g/mol. The molecule has 0 amide bonds. The molecule has 4 atom stereocenters. The molecule has 3 aliphatic carbocycles. The first-order valence-electron chi connectivity index (χ1n) is 4.99. The molecule has 2 bridgehead atoms. The molecule has 5 heteroatoms. The summed E-state index contributed by atoms with van der Waals surface area (Å²) >= 11 is 0. The van der Waals surface area contributed by atoms with Crippen LogP contribution in [0.1, 0.15) is 12.8 Å². The number of ether oxygens (including phenoxy) is 2. The van der Waals surface area contributed by atoms with Gasteiger partial charge in [-0.25, -0.2) is 0 Å². The van der Waals surface area contributed by atoms with Crippen molar-refractivity contribution < 1.29 is 19.1 Å². The van der Waals surface area contributed by atoms with E-state index < -0.39 is 11.5 Å². The summed E-state index contributed by atoms with van der Waals surface area (Å²) in [7, 11) is 2.68. The maximum absolute atomic E-state index is 11.5. The fourth-order valence-corrected chi connectivity index (χ4v) is 3.00. The third-order valence-corrected chi connectivity index (χ3v) is 3.80. The number of carbonyl (C=O) groups excluding carboxylic acids is 2. The highest BCUT2D eigenvalue weighted by Gasteiger charge is 2.66. The van der Waals surface area contributed by atoms with Gasteiger partial charge in [0.25, 0.3) is 0 Å². The van der Waals surface area contributed by atoms with Gasteiger partial charge in [-0.3, -0.25) is 9.59 Å². The van der Waals surface area contributed by atoms with Crippen molar-refractivity contribution in [3.05, 3.63) is 0 Å². The van der Waals surface area contributed by atoms with Crippen LogP contribution < -0.4 is 5.73 Å². The van der Waals surface area contributed by atoms with Crippen LogP contribution in [0.25, 0.3) is 0 Å². The van der Waals surface area contributed by atoms with Crippen molar-refractivity contribution in [2.75, 3.05) is 14.2 Å². The number of rotatable bonds is 2. The molecule has 0 unspecified atom stereocenters. The van der Waals surface area contributed by atoms with Gasteiger partial charge in [-0.05, 0) is 18.8 Å². The zero-order valence-electron chi connectivity index (χ0n) is 8.86. The molecule has 3 fully saturated rings. The van der Waals surface area contributed by atoms with Crippen LogP contribution in [0.3, 0.4) is 0 Å². The first-order chi connectivity index (χ1) is 7.04. The van der Waals surface area contributed by atoms with E-state index in [9.17, 15) is 9.59 Å². The molecule has 3 rings (SSSR count). The third-order valence-electron chi connectivity index (χ3n) is 3.80. The standard InChI is InChI=1S/C10H15NO4/c1-14-8(12)7-5-3-6(7)10(11,4-5)9(13)15-2/h5-7H,3-4,11H2,1-2H3/t5-,6-,7+,10+/m1/s1. The van der Waals surface area contributed by atoms with Crippen LogP contribution in [0.2, 0.25) is 0 Å². The number of esters is 2. The van der Waals surface area contributed by atoms with Crippen molar-refractivity contribution in [2.24, 2.45) is 23.5 Å². The van der Waals surface area contributed by atoms with Crippen molar-refractivity contribution in [3.63, 3.8) is 0 Å². The minimum atomic E-state index is -0.974. The summed E-state index contributed by atoms with van der Waals surface area (Å²) in [6.07, 6.45) is 1.36. The number of fused-ring (bicyclic) bond motifs is 1. The monoisotopic (exact) mass is 213 g/mol. The van der Waals surface area contributed by atoms with E-state index in [2.05, 4.69) is 4.74 Å². The SMILES string of the molecule is COC(=O)[C@H]1[C@@H]2C[C@H]1[C@](N)(C(=O)OC)C2. The average molecular weight is 213 g/mol. The maximum atomic E-state index is 11.5. The molecule has 0 heterocycles. The van der Waals surface area contributed by atoms with Crippen LogP contribution in [0.4, 0.5) is 0 Å². The first-order valence-corrected chi connectivity index (χ1v) is 4.99. The van der Waals surface area contributed by atoms with Crippen LogP contribution in [0.15, 0.2) is 0 Å². The van der Waals surface area contributed by atoms with E-state index in [1.165, 1.54) is 14.2 Å². The van der Waals surface area contributed by atoms with Crippen molar-refractivity contribution in [3.8, 4) is 0 Å². The van der Waals surface area contributed by atoms with E-state index in [4.69, 9.17) is 10.5 Å². The largest absolute Gasteiger partial charge is 0.469 e. The van der Waals surface area contributed by atoms with Crippen molar-refractivity contribution in [2.45, 2.75) is 18.4 Å². The van der Waals surface area contributed by atoms with Crippen LogP contribution >= 0.6 is 0 Å². The summed E-state index contributed by atoms with van der Waals surface area (Å²) in [6.45, 7) is 0. The summed E-state index contributed by atoms with van der Waals surface area (Å²) < 4.78 is 9.37. The van der Waals surface area contributed by atoms with Crippen molar-refractivity contribution in [1.82, 2.24) is 0 Å². The van der Waals surface area contributed by atoms with Crippen LogP contribution in [0, 0.1) is 17.8 Å². The molecule has 3 aliphatic rings. The molecule has 5 nitrogen and oxygen atoms in total. The molecule has 3 saturated carbocycles. The number of hydrogen-bond donors (Lipinski definition) is 1. The zero-order valence-corrected chi connectivity index (χ0v) is 8.86. The topological polar surface area (TPSA) is 78.6 Å². The van der Waals surface area contributed by atoms with E-state index >= 15 is 0 Å². The Morgan fingerprint density at radius 2 is 2.00 bits per heavy atom. The third kappa shape index (κ3) is 1.19. The van der Waals surface area contributed by atoms with Crippen molar-refractivity contribution in [1.29, 1.82) is 0 Å². The van der Waals surface area contributed by atoms with Gasteiger partial charge in [-0.1, -0.05) is 0 Å². The Bertz CT molecular complexity index is 317. The first kappa shape index (κ1) is 10.4. The molecule has 84 valence electrons. The zero-order chi connectivity index (χ0) is 11.2. The summed E-state index contributed by atoms with van der Waals surface area (Å²) in [5.74, 6) is -0.804. The second-order valence-corrected chi connectivity index (χ2v) is 4.39. The Hall–Kier alpha value is -1.10. The van der Waals surface area contributed by atoms with Crippen LogP contribution in [-0.4, -0.2) is 31.7 Å². The average Bonchev–Trinajstić information content (AvgIpc) is 2.69. The Morgan fingerprint density at radius 3 is 2.53 bits per heavy atom. The predicted molar refractivity (Wildman–Crippen MR) is 50.7 cm³/mol. The predicted octanol–water partition coefficient (Wildman–Crippen LogP) is -0.314. The fraction of sp³-hybridized carbons (Fsp3) is 0.800. The number of carbonyl (C=O) groups is 2. The van der Waals surface area contributed by atoms with E-state index in [1.54, 1.807) is 0 Å². The number of hydrogen-bond acceptors (Lipinski definition) is 5. The molecule has 15 heavy (non-hydrogen) atoms. The van der Waals surface area contributed by atoms with Gasteiger partial charge in [0.2, 0.25) is 0 Å². The summed E-state index contributed by atoms with van der Waals surface area (Å²) in [5, 5.41) is 0. The lowest BCUT2D eigenvalue weighted by molar-refractivity contribution is -0.156. The lowest BCUT2D eigenvalue weighted by Gasteiger charge is -2.36. The Labute approximate surface area is 87.9 Å². The molecule has 2 N–H and O–H groups in total. The maximum Gasteiger partial charge on any atom is 0.326 e. The lowest BCUT2D eigenvalue weighted by Crippen LogP contribution is -2.53. The minimum absolute atomic E-state index is 0.109. The van der Waals surface area contributed by atoms with Gasteiger partial charge in [0.05, 0.1) is 20.1 Å². The van der Waals surface area contributed by atoms with Crippen LogP contribution in [0.5, 0.6) is 0 Å².